The Kier molecular flexibility index (Phi) is 7.84. The monoisotopic (exact) mass is 419 g/mol. The van der Waals surface area contributed by atoms with E-state index in [2.05, 4.69) is 34.8 Å². The molecular formula is C21H33N5O2S. The molecule has 1 aromatic carbocycles. The van der Waals surface area contributed by atoms with E-state index in [4.69, 9.17) is 4.99 Å². The van der Waals surface area contributed by atoms with E-state index in [-0.39, 0.29) is 17.2 Å². The lowest BCUT2D eigenvalue weighted by Crippen LogP contribution is -2.39. The minimum atomic E-state index is -2.97. The predicted molar refractivity (Wildman–Crippen MR) is 119 cm³/mol. The summed E-state index contributed by atoms with van der Waals surface area (Å²) in [5, 5.41) is 11.0. The zero-order valence-corrected chi connectivity index (χ0v) is 18.8. The second-order valence-corrected chi connectivity index (χ2v) is 10.4. The van der Waals surface area contributed by atoms with Crippen LogP contribution < -0.4 is 10.6 Å². The van der Waals surface area contributed by atoms with Crippen molar-refractivity contribution in [2.75, 3.05) is 25.1 Å². The minimum absolute atomic E-state index is 0.0439. The Labute approximate surface area is 174 Å². The Bertz CT molecular complexity index is 905. The van der Waals surface area contributed by atoms with Crippen molar-refractivity contribution in [1.29, 1.82) is 0 Å². The second kappa shape index (κ2) is 9.91. The normalized spacial score (nSPS) is 13.9. The molecule has 0 spiro atoms. The van der Waals surface area contributed by atoms with E-state index in [0.29, 0.717) is 13.0 Å². The Morgan fingerprint density at radius 3 is 2.69 bits per heavy atom. The van der Waals surface area contributed by atoms with Crippen LogP contribution in [0, 0.1) is 5.41 Å². The summed E-state index contributed by atoms with van der Waals surface area (Å²) in [5.41, 5.74) is 1.93. The summed E-state index contributed by atoms with van der Waals surface area (Å²) >= 11 is 0. The molecule has 0 aliphatic carbocycles. The SMILES string of the molecule is CCNC(=NCC(C)(C)CCS(C)(=O)=O)NC(C)c1cccc(-n2cccn2)c1. The lowest BCUT2D eigenvalue weighted by atomic mass is 9.90. The molecule has 0 aliphatic heterocycles. The zero-order valence-electron chi connectivity index (χ0n) is 18.0. The molecule has 0 fully saturated rings. The molecule has 1 aromatic heterocycles. The number of hydrogen-bond donors (Lipinski definition) is 2. The quantitative estimate of drug-likeness (QED) is 0.482. The van der Waals surface area contributed by atoms with Crippen molar-refractivity contribution in [3.05, 3.63) is 48.3 Å². The molecule has 8 heteroatoms. The molecule has 1 atom stereocenters. The summed E-state index contributed by atoms with van der Waals surface area (Å²) in [4.78, 5) is 4.71. The first-order chi connectivity index (χ1) is 13.6. The van der Waals surface area contributed by atoms with Crippen molar-refractivity contribution in [3.8, 4) is 5.69 Å². The van der Waals surface area contributed by atoms with E-state index in [1.54, 1.807) is 6.20 Å². The van der Waals surface area contributed by atoms with Gasteiger partial charge in [0.2, 0.25) is 0 Å². The van der Waals surface area contributed by atoms with Crippen LogP contribution in [0.4, 0.5) is 0 Å². The van der Waals surface area contributed by atoms with Gasteiger partial charge in [-0.25, -0.2) is 13.1 Å². The van der Waals surface area contributed by atoms with Gasteiger partial charge in [-0.2, -0.15) is 5.10 Å². The van der Waals surface area contributed by atoms with Gasteiger partial charge in [-0.1, -0.05) is 26.0 Å². The largest absolute Gasteiger partial charge is 0.357 e. The first-order valence-electron chi connectivity index (χ1n) is 9.92. The summed E-state index contributed by atoms with van der Waals surface area (Å²) in [7, 11) is -2.97. The van der Waals surface area contributed by atoms with E-state index in [9.17, 15) is 8.42 Å². The Balaban J connectivity index is 2.07. The van der Waals surface area contributed by atoms with Gasteiger partial charge in [-0.15, -0.1) is 0 Å². The Morgan fingerprint density at radius 2 is 2.07 bits per heavy atom. The predicted octanol–water partition coefficient (Wildman–Crippen LogP) is 2.95. The van der Waals surface area contributed by atoms with Gasteiger partial charge in [-0.05, 0) is 49.4 Å². The molecule has 0 bridgehead atoms. The van der Waals surface area contributed by atoms with Gasteiger partial charge in [0, 0.05) is 31.7 Å². The third-order valence-corrected chi connectivity index (χ3v) is 5.60. The lowest BCUT2D eigenvalue weighted by molar-refractivity contribution is 0.365. The third-order valence-electron chi connectivity index (χ3n) is 4.65. The van der Waals surface area contributed by atoms with Crippen LogP contribution in [0.5, 0.6) is 0 Å². The maximum Gasteiger partial charge on any atom is 0.191 e. The van der Waals surface area contributed by atoms with Gasteiger partial charge in [-0.3, -0.25) is 4.99 Å². The minimum Gasteiger partial charge on any atom is -0.357 e. The summed E-state index contributed by atoms with van der Waals surface area (Å²) in [5.74, 6) is 0.896. The second-order valence-electron chi connectivity index (χ2n) is 8.15. The first kappa shape index (κ1) is 22.9. The Hall–Kier alpha value is -2.35. The molecule has 0 amide bonds. The molecule has 2 aromatic rings. The molecule has 29 heavy (non-hydrogen) atoms. The highest BCUT2D eigenvalue weighted by molar-refractivity contribution is 7.90. The standard InChI is InChI=1S/C21H33N5O2S/c1-6-22-20(23-16-21(3,4)11-14-29(5,27)28)25-17(2)18-9-7-10-19(15-18)26-13-8-12-24-26/h7-10,12-13,15,17H,6,11,14,16H2,1-5H3,(H2,22,23,25). The average molecular weight is 420 g/mol. The maximum absolute atomic E-state index is 11.5. The van der Waals surface area contributed by atoms with Crippen LogP contribution in [0.1, 0.15) is 45.7 Å². The number of aromatic nitrogens is 2. The highest BCUT2D eigenvalue weighted by Gasteiger charge is 2.20. The number of guanidine groups is 1. The number of nitrogens with zero attached hydrogens (tertiary/aromatic N) is 3. The van der Waals surface area contributed by atoms with Gasteiger partial charge >= 0.3 is 0 Å². The molecular weight excluding hydrogens is 386 g/mol. The fraction of sp³-hybridized carbons (Fsp3) is 0.524. The van der Waals surface area contributed by atoms with Crippen LogP contribution >= 0.6 is 0 Å². The molecule has 2 N–H and O–H groups in total. The van der Waals surface area contributed by atoms with Crippen LogP contribution in [0.3, 0.4) is 0 Å². The molecule has 1 heterocycles. The van der Waals surface area contributed by atoms with Gasteiger partial charge in [0.25, 0.3) is 0 Å². The van der Waals surface area contributed by atoms with Crippen molar-refractivity contribution in [3.63, 3.8) is 0 Å². The summed E-state index contributed by atoms with van der Waals surface area (Å²) in [6.07, 6.45) is 5.53. The van der Waals surface area contributed by atoms with E-state index in [1.165, 1.54) is 6.26 Å². The maximum atomic E-state index is 11.5. The molecule has 7 nitrogen and oxygen atoms in total. The number of hydrogen-bond acceptors (Lipinski definition) is 4. The first-order valence-corrected chi connectivity index (χ1v) is 12.0. The van der Waals surface area contributed by atoms with E-state index in [1.807, 2.05) is 49.8 Å². The highest BCUT2D eigenvalue weighted by atomic mass is 32.2. The number of benzene rings is 1. The summed E-state index contributed by atoms with van der Waals surface area (Å²) in [6, 6.07) is 10.2. The molecule has 160 valence electrons. The number of aliphatic imine (C=N–C) groups is 1. The van der Waals surface area contributed by atoms with Crippen LogP contribution in [0.25, 0.3) is 5.69 Å². The molecule has 0 radical (unpaired) electrons. The van der Waals surface area contributed by atoms with E-state index < -0.39 is 9.84 Å². The molecule has 0 aliphatic rings. The van der Waals surface area contributed by atoms with Gasteiger partial charge in [0.05, 0.1) is 17.5 Å². The molecule has 2 rings (SSSR count). The van der Waals surface area contributed by atoms with Crippen molar-refractivity contribution < 1.29 is 8.42 Å². The van der Waals surface area contributed by atoms with Crippen LogP contribution in [-0.4, -0.2) is 49.3 Å². The Morgan fingerprint density at radius 1 is 1.31 bits per heavy atom. The third kappa shape index (κ3) is 7.89. The number of rotatable bonds is 9. The fourth-order valence-electron chi connectivity index (χ4n) is 2.80. The fourth-order valence-corrected chi connectivity index (χ4v) is 3.72. The van der Waals surface area contributed by atoms with E-state index in [0.717, 1.165) is 23.8 Å². The van der Waals surface area contributed by atoms with Crippen molar-refractivity contribution in [2.45, 2.75) is 40.2 Å². The summed E-state index contributed by atoms with van der Waals surface area (Å²) in [6.45, 7) is 9.48. The smallest absolute Gasteiger partial charge is 0.191 e. The number of nitrogens with one attached hydrogen (secondary N) is 2. The molecule has 1 unspecified atom stereocenters. The number of sulfone groups is 1. The van der Waals surface area contributed by atoms with E-state index >= 15 is 0 Å². The lowest BCUT2D eigenvalue weighted by Gasteiger charge is -2.24. The van der Waals surface area contributed by atoms with Crippen LogP contribution in [-0.2, 0) is 9.84 Å². The van der Waals surface area contributed by atoms with Gasteiger partial charge in [0.1, 0.15) is 9.84 Å². The highest BCUT2D eigenvalue weighted by Crippen LogP contribution is 2.22. The molecule has 0 saturated carbocycles. The van der Waals surface area contributed by atoms with Crippen molar-refractivity contribution in [1.82, 2.24) is 20.4 Å². The van der Waals surface area contributed by atoms with Gasteiger partial charge in [0.15, 0.2) is 5.96 Å². The van der Waals surface area contributed by atoms with Gasteiger partial charge < -0.3 is 10.6 Å². The average Bonchev–Trinajstić information content (AvgIpc) is 3.19. The topological polar surface area (TPSA) is 88.4 Å². The van der Waals surface area contributed by atoms with Crippen molar-refractivity contribution >= 4 is 15.8 Å². The van der Waals surface area contributed by atoms with Crippen molar-refractivity contribution in [2.24, 2.45) is 10.4 Å². The zero-order chi connectivity index (χ0) is 21.5. The summed E-state index contributed by atoms with van der Waals surface area (Å²) < 4.78 is 24.8. The van der Waals surface area contributed by atoms with Crippen LogP contribution in [0.2, 0.25) is 0 Å². The van der Waals surface area contributed by atoms with Crippen LogP contribution in [0.15, 0.2) is 47.7 Å². The molecule has 0 saturated heterocycles.